The fourth-order valence-corrected chi connectivity index (χ4v) is 3.44. The van der Waals surface area contributed by atoms with E-state index in [1.54, 1.807) is 36.5 Å². The van der Waals surface area contributed by atoms with E-state index in [2.05, 4.69) is 15.7 Å². The van der Waals surface area contributed by atoms with Crippen molar-refractivity contribution in [2.45, 2.75) is 12.5 Å². The number of nitrogens with zero attached hydrogens (tertiary/aromatic N) is 2. The Hall–Kier alpha value is -3.39. The van der Waals surface area contributed by atoms with Gasteiger partial charge in [-0.2, -0.15) is 5.10 Å². The Kier molecular flexibility index (Phi) is 4.94. The van der Waals surface area contributed by atoms with Gasteiger partial charge >= 0.3 is 0 Å². The summed E-state index contributed by atoms with van der Waals surface area (Å²) < 4.78 is 19.8. The first-order valence-corrected chi connectivity index (χ1v) is 9.12. The summed E-state index contributed by atoms with van der Waals surface area (Å²) in [5, 5.41) is 10.1. The van der Waals surface area contributed by atoms with Crippen molar-refractivity contribution < 1.29 is 18.7 Å². The highest BCUT2D eigenvalue weighted by molar-refractivity contribution is 6.32. The highest BCUT2D eigenvalue weighted by Crippen LogP contribution is 2.35. The third kappa shape index (κ3) is 3.66. The van der Waals surface area contributed by atoms with E-state index in [0.29, 0.717) is 33.4 Å². The van der Waals surface area contributed by atoms with Crippen molar-refractivity contribution >= 4 is 34.9 Å². The monoisotopic (exact) mass is 414 g/mol. The molecular weight excluding hydrogens is 399 g/mol. The number of aromatic nitrogens is 2. The molecule has 0 spiro atoms. The smallest absolute Gasteiger partial charge is 0.249 e. The summed E-state index contributed by atoms with van der Waals surface area (Å²) in [7, 11) is 1.50. The number of carbonyl (C=O) groups is 2. The van der Waals surface area contributed by atoms with E-state index in [1.807, 2.05) is 0 Å². The van der Waals surface area contributed by atoms with Crippen molar-refractivity contribution in [3.63, 3.8) is 0 Å². The lowest BCUT2D eigenvalue weighted by atomic mass is 10.1. The SMILES string of the molecule is COc1ccc(NC(=O)[C@@H]2CC(=O)Nc3c(-c4ccc(F)cc4)cnn32)cc1Cl. The number of ether oxygens (including phenoxy) is 1. The molecule has 2 amide bonds. The molecule has 0 unspecified atom stereocenters. The van der Waals surface area contributed by atoms with E-state index in [9.17, 15) is 14.0 Å². The first-order valence-electron chi connectivity index (χ1n) is 8.74. The number of anilines is 2. The molecule has 0 saturated heterocycles. The van der Waals surface area contributed by atoms with E-state index in [-0.39, 0.29) is 18.1 Å². The van der Waals surface area contributed by atoms with Crippen molar-refractivity contribution in [3.8, 4) is 16.9 Å². The second-order valence-electron chi connectivity index (χ2n) is 6.46. The average molecular weight is 415 g/mol. The third-order valence-corrected chi connectivity index (χ3v) is 4.90. The number of fused-ring (bicyclic) bond motifs is 1. The molecule has 0 radical (unpaired) electrons. The molecule has 1 atom stereocenters. The van der Waals surface area contributed by atoms with Gasteiger partial charge in [-0.3, -0.25) is 9.59 Å². The summed E-state index contributed by atoms with van der Waals surface area (Å²) in [5.74, 6) is -0.208. The van der Waals surface area contributed by atoms with Crippen LogP contribution in [-0.4, -0.2) is 28.7 Å². The number of halogens is 2. The maximum atomic E-state index is 13.2. The highest BCUT2D eigenvalue weighted by atomic mass is 35.5. The molecule has 0 bridgehead atoms. The fraction of sp³-hybridized carbons (Fsp3) is 0.150. The summed E-state index contributed by atoms with van der Waals surface area (Å²) in [6.07, 6.45) is 1.48. The number of carbonyl (C=O) groups excluding carboxylic acids is 2. The summed E-state index contributed by atoms with van der Waals surface area (Å²) in [6.45, 7) is 0. The van der Waals surface area contributed by atoms with Crippen LogP contribution in [0.1, 0.15) is 12.5 Å². The fourth-order valence-electron chi connectivity index (χ4n) is 3.18. The summed E-state index contributed by atoms with van der Waals surface area (Å²) >= 11 is 6.10. The molecule has 148 valence electrons. The quantitative estimate of drug-likeness (QED) is 0.678. The van der Waals surface area contributed by atoms with Crippen molar-refractivity contribution in [1.82, 2.24) is 9.78 Å². The minimum atomic E-state index is -0.839. The molecule has 1 aliphatic heterocycles. The lowest BCUT2D eigenvalue weighted by molar-refractivity contribution is -0.125. The van der Waals surface area contributed by atoms with Crippen LogP contribution in [-0.2, 0) is 9.59 Å². The van der Waals surface area contributed by atoms with E-state index < -0.39 is 11.9 Å². The standard InChI is InChI=1S/C20H16ClFN4O3/c1-29-17-7-6-13(8-15(17)21)24-20(28)16-9-18(27)25-19-14(10-23-26(16)19)11-2-4-12(22)5-3-11/h2-8,10,16H,9H2,1H3,(H,24,28)(H,25,27)/t16-/m0/s1. The number of rotatable bonds is 4. The zero-order valence-corrected chi connectivity index (χ0v) is 16.0. The Bertz CT molecular complexity index is 1100. The Balaban J connectivity index is 1.63. The van der Waals surface area contributed by atoms with Crippen LogP contribution in [0.4, 0.5) is 15.9 Å². The predicted molar refractivity (Wildman–Crippen MR) is 107 cm³/mol. The molecule has 0 aliphatic carbocycles. The van der Waals surface area contributed by atoms with Gasteiger partial charge in [0.2, 0.25) is 11.8 Å². The Labute approximate surface area is 170 Å². The molecule has 2 N–H and O–H groups in total. The summed E-state index contributed by atoms with van der Waals surface area (Å²) in [4.78, 5) is 25.1. The predicted octanol–water partition coefficient (Wildman–Crippen LogP) is 3.87. The molecule has 2 heterocycles. The van der Waals surface area contributed by atoms with Crippen molar-refractivity contribution in [3.05, 3.63) is 59.5 Å². The second-order valence-corrected chi connectivity index (χ2v) is 6.87. The highest BCUT2D eigenvalue weighted by Gasteiger charge is 2.33. The van der Waals surface area contributed by atoms with Crippen LogP contribution in [0.3, 0.4) is 0 Å². The lowest BCUT2D eigenvalue weighted by Gasteiger charge is -2.24. The maximum Gasteiger partial charge on any atom is 0.249 e. The summed E-state index contributed by atoms with van der Waals surface area (Å²) in [6, 6.07) is 9.83. The van der Waals surface area contributed by atoms with Crippen LogP contribution in [0.25, 0.3) is 11.1 Å². The first-order chi connectivity index (χ1) is 14.0. The van der Waals surface area contributed by atoms with Gasteiger partial charge in [0.05, 0.1) is 24.8 Å². The molecular formula is C20H16ClFN4O3. The molecule has 3 aromatic rings. The van der Waals surface area contributed by atoms with Gasteiger partial charge in [0, 0.05) is 11.3 Å². The van der Waals surface area contributed by atoms with Crippen LogP contribution >= 0.6 is 11.6 Å². The second kappa shape index (κ2) is 7.56. The molecule has 0 fully saturated rings. The van der Waals surface area contributed by atoms with Gasteiger partial charge in [0.1, 0.15) is 23.4 Å². The normalized spacial score (nSPS) is 15.4. The lowest BCUT2D eigenvalue weighted by Crippen LogP contribution is -2.35. The molecule has 4 rings (SSSR count). The number of nitrogens with one attached hydrogen (secondary N) is 2. The topological polar surface area (TPSA) is 85.2 Å². The Morgan fingerprint density at radius 3 is 2.76 bits per heavy atom. The minimum Gasteiger partial charge on any atom is -0.495 e. The molecule has 7 nitrogen and oxygen atoms in total. The molecule has 1 aliphatic rings. The number of methoxy groups -OCH3 is 1. The van der Waals surface area contributed by atoms with Gasteiger partial charge < -0.3 is 15.4 Å². The zero-order chi connectivity index (χ0) is 20.5. The van der Waals surface area contributed by atoms with Crippen LogP contribution in [0.15, 0.2) is 48.7 Å². The molecule has 9 heteroatoms. The first kappa shape index (κ1) is 18.9. The van der Waals surface area contributed by atoms with Crippen molar-refractivity contribution in [2.24, 2.45) is 0 Å². The van der Waals surface area contributed by atoms with Crippen LogP contribution in [0.2, 0.25) is 5.02 Å². The van der Waals surface area contributed by atoms with Crippen LogP contribution in [0.5, 0.6) is 5.75 Å². The van der Waals surface area contributed by atoms with Gasteiger partial charge in [0.25, 0.3) is 0 Å². The number of hydrogen-bond donors (Lipinski definition) is 2. The Morgan fingerprint density at radius 1 is 1.31 bits per heavy atom. The van der Waals surface area contributed by atoms with Crippen LogP contribution in [0, 0.1) is 5.82 Å². The van der Waals surface area contributed by atoms with Crippen LogP contribution < -0.4 is 15.4 Å². The molecule has 0 saturated carbocycles. The van der Waals surface area contributed by atoms with E-state index >= 15 is 0 Å². The summed E-state index contributed by atoms with van der Waals surface area (Å²) in [5.41, 5.74) is 1.75. The van der Waals surface area contributed by atoms with E-state index in [4.69, 9.17) is 16.3 Å². The zero-order valence-electron chi connectivity index (χ0n) is 15.3. The molecule has 2 aromatic carbocycles. The maximum absolute atomic E-state index is 13.2. The van der Waals surface area contributed by atoms with E-state index in [1.165, 1.54) is 23.9 Å². The van der Waals surface area contributed by atoms with E-state index in [0.717, 1.165) is 0 Å². The Morgan fingerprint density at radius 2 is 2.07 bits per heavy atom. The largest absolute Gasteiger partial charge is 0.495 e. The number of benzene rings is 2. The third-order valence-electron chi connectivity index (χ3n) is 4.60. The molecule has 29 heavy (non-hydrogen) atoms. The average Bonchev–Trinajstić information content (AvgIpc) is 3.11. The van der Waals surface area contributed by atoms with Crippen molar-refractivity contribution in [1.29, 1.82) is 0 Å². The van der Waals surface area contributed by atoms with Crippen molar-refractivity contribution in [2.75, 3.05) is 17.7 Å². The van der Waals surface area contributed by atoms with Gasteiger partial charge in [-0.15, -0.1) is 0 Å². The van der Waals surface area contributed by atoms with Gasteiger partial charge in [-0.05, 0) is 35.9 Å². The number of amides is 2. The van der Waals surface area contributed by atoms with Gasteiger partial charge in [-0.25, -0.2) is 9.07 Å². The van der Waals surface area contributed by atoms with Gasteiger partial charge in [0.15, 0.2) is 0 Å². The molecule has 1 aromatic heterocycles. The number of hydrogen-bond acceptors (Lipinski definition) is 4. The minimum absolute atomic E-state index is 0.0622. The van der Waals surface area contributed by atoms with Gasteiger partial charge in [-0.1, -0.05) is 23.7 Å².